The molecule has 3 heterocycles. The standard InChI is InChI=1S/C18H16ClF3N6/c1-10(2)24-15-9-16(26-14-8-11(19)6-7-23-14)28-17(27-15)12-4-3-5-13(25-12)18(20,21)22/h3-10H,1-2H3,(H2,23,24,26,27,28). The van der Waals surface area contributed by atoms with Crippen molar-refractivity contribution in [3.05, 3.63) is 53.3 Å². The van der Waals surface area contributed by atoms with Gasteiger partial charge in [-0.15, -0.1) is 0 Å². The van der Waals surface area contributed by atoms with Gasteiger partial charge in [0.05, 0.1) is 0 Å². The summed E-state index contributed by atoms with van der Waals surface area (Å²) in [6.45, 7) is 3.83. The van der Waals surface area contributed by atoms with Crippen LogP contribution in [0.1, 0.15) is 19.5 Å². The number of halogens is 4. The van der Waals surface area contributed by atoms with E-state index in [0.717, 1.165) is 6.07 Å². The summed E-state index contributed by atoms with van der Waals surface area (Å²) in [7, 11) is 0. The topological polar surface area (TPSA) is 75.6 Å². The number of pyridine rings is 2. The molecule has 0 amide bonds. The van der Waals surface area contributed by atoms with Crippen molar-refractivity contribution < 1.29 is 13.2 Å². The zero-order valence-corrected chi connectivity index (χ0v) is 15.7. The summed E-state index contributed by atoms with van der Waals surface area (Å²) in [5, 5.41) is 6.57. The molecule has 0 unspecified atom stereocenters. The molecule has 0 radical (unpaired) electrons. The summed E-state index contributed by atoms with van der Waals surface area (Å²) in [5.74, 6) is 1.25. The van der Waals surface area contributed by atoms with Crippen LogP contribution in [-0.2, 0) is 6.18 Å². The van der Waals surface area contributed by atoms with Gasteiger partial charge in [0.2, 0.25) is 0 Å². The Morgan fingerprint density at radius 1 is 0.964 bits per heavy atom. The van der Waals surface area contributed by atoms with Gasteiger partial charge >= 0.3 is 6.18 Å². The van der Waals surface area contributed by atoms with Crippen LogP contribution in [0, 0.1) is 0 Å². The van der Waals surface area contributed by atoms with E-state index in [1.807, 2.05) is 13.8 Å². The SMILES string of the molecule is CC(C)Nc1cc(Nc2cc(Cl)ccn2)nc(-c2cccc(C(F)(F)F)n2)n1. The van der Waals surface area contributed by atoms with Crippen LogP contribution in [0.3, 0.4) is 0 Å². The van der Waals surface area contributed by atoms with Gasteiger partial charge in [0, 0.05) is 23.3 Å². The van der Waals surface area contributed by atoms with Crippen LogP contribution in [0.15, 0.2) is 42.6 Å². The molecule has 0 aliphatic rings. The van der Waals surface area contributed by atoms with E-state index in [9.17, 15) is 13.2 Å². The smallest absolute Gasteiger partial charge is 0.368 e. The molecule has 0 spiro atoms. The molecule has 0 bridgehead atoms. The van der Waals surface area contributed by atoms with Crippen molar-refractivity contribution in [3.8, 4) is 11.5 Å². The summed E-state index contributed by atoms with van der Waals surface area (Å²) in [4.78, 5) is 16.4. The predicted molar refractivity (Wildman–Crippen MR) is 102 cm³/mol. The molecule has 28 heavy (non-hydrogen) atoms. The van der Waals surface area contributed by atoms with Crippen LogP contribution in [0.5, 0.6) is 0 Å². The van der Waals surface area contributed by atoms with E-state index in [2.05, 4.69) is 30.6 Å². The number of nitrogens with one attached hydrogen (secondary N) is 2. The first-order valence-corrected chi connectivity index (χ1v) is 8.67. The fourth-order valence-electron chi connectivity index (χ4n) is 2.32. The zero-order valence-electron chi connectivity index (χ0n) is 14.9. The molecule has 0 saturated heterocycles. The van der Waals surface area contributed by atoms with Crippen LogP contribution in [0.4, 0.5) is 30.6 Å². The van der Waals surface area contributed by atoms with E-state index in [0.29, 0.717) is 22.5 Å². The molecule has 0 aliphatic heterocycles. The number of anilines is 3. The minimum Gasteiger partial charge on any atom is -0.368 e. The van der Waals surface area contributed by atoms with E-state index in [4.69, 9.17) is 11.6 Å². The number of aromatic nitrogens is 4. The lowest BCUT2D eigenvalue weighted by Crippen LogP contribution is -2.13. The first kappa shape index (κ1) is 19.8. The van der Waals surface area contributed by atoms with Gasteiger partial charge in [-0.1, -0.05) is 17.7 Å². The predicted octanol–water partition coefficient (Wildman–Crippen LogP) is 5.17. The van der Waals surface area contributed by atoms with E-state index < -0.39 is 11.9 Å². The summed E-state index contributed by atoms with van der Waals surface area (Å²) >= 11 is 5.96. The lowest BCUT2D eigenvalue weighted by atomic mass is 10.2. The van der Waals surface area contributed by atoms with Gasteiger partial charge in [0.15, 0.2) is 5.82 Å². The largest absolute Gasteiger partial charge is 0.433 e. The summed E-state index contributed by atoms with van der Waals surface area (Å²) in [6.07, 6.45) is -3.04. The Morgan fingerprint density at radius 2 is 1.71 bits per heavy atom. The van der Waals surface area contributed by atoms with E-state index in [-0.39, 0.29) is 17.6 Å². The lowest BCUT2D eigenvalue weighted by Gasteiger charge is -2.13. The van der Waals surface area contributed by atoms with Crippen molar-refractivity contribution in [1.82, 2.24) is 19.9 Å². The van der Waals surface area contributed by atoms with Crippen molar-refractivity contribution >= 4 is 29.1 Å². The van der Waals surface area contributed by atoms with Crippen LogP contribution in [-0.4, -0.2) is 26.0 Å². The quantitative estimate of drug-likeness (QED) is 0.606. The second-order valence-electron chi connectivity index (χ2n) is 6.15. The molecular weight excluding hydrogens is 393 g/mol. The van der Waals surface area contributed by atoms with Gasteiger partial charge in [-0.3, -0.25) is 0 Å². The average molecular weight is 409 g/mol. The Morgan fingerprint density at radius 3 is 2.39 bits per heavy atom. The van der Waals surface area contributed by atoms with Crippen LogP contribution in [0.25, 0.3) is 11.5 Å². The molecule has 146 valence electrons. The molecule has 0 fully saturated rings. The van der Waals surface area contributed by atoms with Crippen molar-refractivity contribution in [2.75, 3.05) is 10.6 Å². The number of hydrogen-bond donors (Lipinski definition) is 2. The lowest BCUT2D eigenvalue weighted by molar-refractivity contribution is -0.141. The molecule has 0 aromatic carbocycles. The minimum atomic E-state index is -4.56. The van der Waals surface area contributed by atoms with Gasteiger partial charge in [0.1, 0.15) is 28.8 Å². The molecule has 2 N–H and O–H groups in total. The van der Waals surface area contributed by atoms with Gasteiger partial charge in [-0.2, -0.15) is 13.2 Å². The van der Waals surface area contributed by atoms with Crippen LogP contribution >= 0.6 is 11.6 Å². The average Bonchev–Trinajstić information content (AvgIpc) is 2.60. The third kappa shape index (κ3) is 5.07. The highest BCUT2D eigenvalue weighted by Gasteiger charge is 2.32. The maximum Gasteiger partial charge on any atom is 0.433 e. The second kappa shape index (κ2) is 7.97. The van der Waals surface area contributed by atoms with E-state index >= 15 is 0 Å². The normalized spacial score (nSPS) is 11.5. The van der Waals surface area contributed by atoms with Crippen LogP contribution < -0.4 is 10.6 Å². The Labute approximate surface area is 164 Å². The van der Waals surface area contributed by atoms with Crippen LogP contribution in [0.2, 0.25) is 5.02 Å². The molecule has 6 nitrogen and oxygen atoms in total. The highest BCUT2D eigenvalue weighted by molar-refractivity contribution is 6.30. The molecule has 3 aromatic rings. The number of rotatable bonds is 5. The fourth-order valence-corrected chi connectivity index (χ4v) is 2.48. The fraction of sp³-hybridized carbons (Fsp3) is 0.222. The molecule has 3 rings (SSSR count). The van der Waals surface area contributed by atoms with Gasteiger partial charge < -0.3 is 10.6 Å². The maximum absolute atomic E-state index is 13.0. The first-order valence-electron chi connectivity index (χ1n) is 8.29. The molecule has 0 saturated carbocycles. The number of alkyl halides is 3. The van der Waals surface area contributed by atoms with Crippen molar-refractivity contribution in [2.45, 2.75) is 26.1 Å². The monoisotopic (exact) mass is 408 g/mol. The number of nitrogens with zero attached hydrogens (tertiary/aromatic N) is 4. The molecule has 0 aliphatic carbocycles. The molecule has 0 atom stereocenters. The van der Waals surface area contributed by atoms with E-state index in [1.54, 1.807) is 18.2 Å². The minimum absolute atomic E-state index is 0.00401. The maximum atomic E-state index is 13.0. The van der Waals surface area contributed by atoms with Gasteiger partial charge in [0.25, 0.3) is 0 Å². The summed E-state index contributed by atoms with van der Waals surface area (Å²) < 4.78 is 39.0. The molecule has 10 heteroatoms. The van der Waals surface area contributed by atoms with Gasteiger partial charge in [-0.05, 0) is 38.1 Å². The first-order chi connectivity index (χ1) is 13.2. The van der Waals surface area contributed by atoms with Crippen molar-refractivity contribution in [1.29, 1.82) is 0 Å². The van der Waals surface area contributed by atoms with E-state index in [1.165, 1.54) is 18.3 Å². The Bertz CT molecular complexity index is 978. The summed E-state index contributed by atoms with van der Waals surface area (Å²) in [5.41, 5.74) is -1.01. The number of hydrogen-bond acceptors (Lipinski definition) is 6. The Kier molecular flexibility index (Phi) is 5.64. The van der Waals surface area contributed by atoms with Crippen molar-refractivity contribution in [2.24, 2.45) is 0 Å². The Balaban J connectivity index is 2.03. The highest BCUT2D eigenvalue weighted by atomic mass is 35.5. The second-order valence-corrected chi connectivity index (χ2v) is 6.59. The summed E-state index contributed by atoms with van der Waals surface area (Å²) in [6, 6.07) is 8.48. The van der Waals surface area contributed by atoms with Crippen molar-refractivity contribution in [3.63, 3.8) is 0 Å². The molecule has 3 aromatic heterocycles. The third-order valence-electron chi connectivity index (χ3n) is 3.41. The zero-order chi connectivity index (χ0) is 20.3. The highest BCUT2D eigenvalue weighted by Crippen LogP contribution is 2.29. The third-order valence-corrected chi connectivity index (χ3v) is 3.64. The Hall–Kier alpha value is -2.94. The molecular formula is C18H16ClF3N6. The van der Waals surface area contributed by atoms with Gasteiger partial charge in [-0.25, -0.2) is 19.9 Å².